The van der Waals surface area contributed by atoms with Gasteiger partial charge < -0.3 is 43.0 Å². The van der Waals surface area contributed by atoms with Crippen LogP contribution < -0.4 is 0 Å². The van der Waals surface area contributed by atoms with Crippen molar-refractivity contribution < 1.29 is 43.0 Å². The third kappa shape index (κ3) is 4.39. The first kappa shape index (κ1) is 29.6. The standard InChI is InChI=1S/C29H47NO9/c1-25(2)37-15-28-23(39-25)11-20(35-16-32-4)12-27(28,31)9-8-21-24(28)22(36-17-33-5)13-26(3)19(14-30)7-10-29(21,26)38-18-34-6/h19-24,31H,7-13,15-18H2,1-6H3/t19-,20+,21?,22-,23-,24?,26-,27+,28-,29+/m1/s1. The van der Waals surface area contributed by atoms with Gasteiger partial charge in [-0.25, -0.2) is 0 Å². The Labute approximate surface area is 232 Å². The average molecular weight is 554 g/mol. The van der Waals surface area contributed by atoms with Gasteiger partial charge in [-0.1, -0.05) is 6.92 Å². The van der Waals surface area contributed by atoms with Crippen LogP contribution in [0.15, 0.2) is 0 Å². The fraction of sp³-hybridized carbons (Fsp3) is 0.966. The molecule has 0 aromatic rings. The maximum atomic E-state index is 12.7. The van der Waals surface area contributed by atoms with Crippen molar-refractivity contribution in [1.82, 2.24) is 0 Å². The number of rotatable bonds is 9. The molecule has 0 aromatic carbocycles. The third-order valence-corrected chi connectivity index (χ3v) is 11.0. The highest BCUT2D eigenvalue weighted by atomic mass is 16.7. The zero-order valence-corrected chi connectivity index (χ0v) is 24.4. The number of ether oxygens (including phenoxy) is 8. The van der Waals surface area contributed by atoms with E-state index in [1.54, 1.807) is 21.3 Å². The molecule has 2 unspecified atom stereocenters. The highest BCUT2D eigenvalue weighted by Crippen LogP contribution is 2.72. The molecule has 10 heteroatoms. The topological polar surface area (TPSA) is 118 Å². The molecule has 5 rings (SSSR count). The Kier molecular flexibility index (Phi) is 8.17. The maximum absolute atomic E-state index is 12.7. The largest absolute Gasteiger partial charge is 0.389 e. The molecule has 0 aromatic heterocycles. The van der Waals surface area contributed by atoms with Crippen LogP contribution in [-0.4, -0.2) is 88.7 Å². The Hall–Kier alpha value is -0.870. The first-order chi connectivity index (χ1) is 18.6. The van der Waals surface area contributed by atoms with Crippen LogP contribution in [0.4, 0.5) is 0 Å². The average Bonchev–Trinajstić information content (AvgIpc) is 3.19. The third-order valence-electron chi connectivity index (χ3n) is 11.0. The Balaban J connectivity index is 1.64. The second kappa shape index (κ2) is 10.8. The molecule has 10 atom stereocenters. The number of nitriles is 1. The Bertz CT molecular complexity index is 927. The van der Waals surface area contributed by atoms with Gasteiger partial charge in [0, 0.05) is 45.5 Å². The van der Waals surface area contributed by atoms with E-state index in [0.717, 1.165) is 19.3 Å². The van der Waals surface area contributed by atoms with Crippen LogP contribution in [0.2, 0.25) is 0 Å². The fourth-order valence-corrected chi connectivity index (χ4v) is 9.50. The summed E-state index contributed by atoms with van der Waals surface area (Å²) in [6.45, 7) is 6.80. The molecule has 1 aliphatic heterocycles. The first-order valence-corrected chi connectivity index (χ1v) is 14.3. The molecule has 0 bridgehead atoms. The summed E-state index contributed by atoms with van der Waals surface area (Å²) in [4.78, 5) is 0. The van der Waals surface area contributed by atoms with E-state index in [1.807, 2.05) is 13.8 Å². The van der Waals surface area contributed by atoms with Crippen molar-refractivity contribution in [3.63, 3.8) is 0 Å². The van der Waals surface area contributed by atoms with Crippen LogP contribution in [0.5, 0.6) is 0 Å². The Morgan fingerprint density at radius 1 is 0.949 bits per heavy atom. The van der Waals surface area contributed by atoms with Crippen molar-refractivity contribution in [2.24, 2.45) is 28.6 Å². The first-order valence-electron chi connectivity index (χ1n) is 14.3. The SMILES string of the molecule is COCO[C@H]1C[C@H]2OC(C)(C)OC[C@]23C2C(CC[C@]3(O)C1)[C@@]1(OCOC)CC[C@H](C#N)[C@@]1(C)C[C@H]2OCOC. The molecular formula is C29H47NO9. The van der Waals surface area contributed by atoms with Gasteiger partial charge in [-0.05, 0) is 51.9 Å². The summed E-state index contributed by atoms with van der Waals surface area (Å²) >= 11 is 0. The van der Waals surface area contributed by atoms with Crippen LogP contribution in [0.3, 0.4) is 0 Å². The predicted octanol–water partition coefficient (Wildman–Crippen LogP) is 3.36. The highest BCUT2D eigenvalue weighted by molar-refractivity contribution is 5.27. The molecule has 5 fully saturated rings. The lowest BCUT2D eigenvalue weighted by Gasteiger charge is -2.71. The molecule has 0 amide bonds. The molecule has 1 heterocycles. The molecule has 1 spiro atoms. The van der Waals surface area contributed by atoms with E-state index in [0.29, 0.717) is 32.3 Å². The summed E-state index contributed by atoms with van der Waals surface area (Å²) in [6.07, 6.45) is 3.64. The van der Waals surface area contributed by atoms with E-state index in [9.17, 15) is 10.4 Å². The van der Waals surface area contributed by atoms with Gasteiger partial charge in [0.15, 0.2) is 5.79 Å². The molecule has 4 aliphatic carbocycles. The van der Waals surface area contributed by atoms with E-state index in [4.69, 9.17) is 37.9 Å². The van der Waals surface area contributed by atoms with Gasteiger partial charge in [0.2, 0.25) is 0 Å². The number of hydrogen-bond acceptors (Lipinski definition) is 10. The zero-order valence-electron chi connectivity index (χ0n) is 24.4. The van der Waals surface area contributed by atoms with Crippen LogP contribution in [0.1, 0.15) is 65.7 Å². The summed E-state index contributed by atoms with van der Waals surface area (Å²) in [7, 11) is 4.86. The van der Waals surface area contributed by atoms with Crippen LogP contribution in [-0.2, 0) is 37.9 Å². The van der Waals surface area contributed by atoms with Crippen LogP contribution in [0.25, 0.3) is 0 Å². The lowest BCUT2D eigenvalue weighted by molar-refractivity contribution is -0.408. The fourth-order valence-electron chi connectivity index (χ4n) is 9.50. The van der Waals surface area contributed by atoms with E-state index in [1.165, 1.54) is 0 Å². The number of fused-ring (bicyclic) bond motifs is 3. The summed E-state index contributed by atoms with van der Waals surface area (Å²) < 4.78 is 48.5. The van der Waals surface area contributed by atoms with Crippen molar-refractivity contribution in [3.05, 3.63) is 0 Å². The maximum Gasteiger partial charge on any atom is 0.163 e. The minimum absolute atomic E-state index is 0.000707. The minimum Gasteiger partial charge on any atom is -0.389 e. The molecule has 1 N–H and O–H groups in total. The van der Waals surface area contributed by atoms with Crippen molar-refractivity contribution in [2.75, 3.05) is 48.3 Å². The van der Waals surface area contributed by atoms with Crippen molar-refractivity contribution in [2.45, 2.75) is 101 Å². The van der Waals surface area contributed by atoms with Crippen molar-refractivity contribution >= 4 is 0 Å². The number of methoxy groups -OCH3 is 3. The molecule has 1 saturated heterocycles. The molecular weight excluding hydrogens is 506 g/mol. The number of aliphatic hydroxyl groups is 1. The highest BCUT2D eigenvalue weighted by Gasteiger charge is 2.77. The van der Waals surface area contributed by atoms with Crippen LogP contribution >= 0.6 is 0 Å². The summed E-state index contributed by atoms with van der Waals surface area (Å²) in [5.41, 5.74) is -2.91. The second-order valence-electron chi connectivity index (χ2n) is 13.1. The minimum atomic E-state index is -1.11. The monoisotopic (exact) mass is 553 g/mol. The Morgan fingerprint density at radius 2 is 1.67 bits per heavy atom. The van der Waals surface area contributed by atoms with Gasteiger partial charge in [0.1, 0.15) is 20.4 Å². The number of hydrogen-bond donors (Lipinski definition) is 1. The summed E-state index contributed by atoms with van der Waals surface area (Å²) in [6, 6.07) is 2.60. The van der Waals surface area contributed by atoms with E-state index in [-0.39, 0.29) is 56.4 Å². The van der Waals surface area contributed by atoms with E-state index >= 15 is 0 Å². The van der Waals surface area contributed by atoms with E-state index < -0.39 is 27.8 Å². The quantitative estimate of drug-likeness (QED) is 0.426. The van der Waals surface area contributed by atoms with E-state index in [2.05, 4.69) is 13.0 Å². The molecule has 0 radical (unpaired) electrons. The summed E-state index contributed by atoms with van der Waals surface area (Å²) in [5, 5.41) is 22.9. The van der Waals surface area contributed by atoms with Crippen molar-refractivity contribution in [3.8, 4) is 6.07 Å². The smallest absolute Gasteiger partial charge is 0.163 e. The van der Waals surface area contributed by atoms with Gasteiger partial charge in [-0.15, -0.1) is 0 Å². The predicted molar refractivity (Wildman–Crippen MR) is 138 cm³/mol. The lowest BCUT2D eigenvalue weighted by atomic mass is 9.40. The number of nitrogens with zero attached hydrogens (tertiary/aromatic N) is 1. The normalized spacial score (nSPS) is 48.4. The van der Waals surface area contributed by atoms with Gasteiger partial charge in [-0.3, -0.25) is 0 Å². The lowest BCUT2D eigenvalue weighted by Crippen LogP contribution is -2.78. The van der Waals surface area contributed by atoms with Gasteiger partial charge >= 0.3 is 0 Å². The van der Waals surface area contributed by atoms with Crippen molar-refractivity contribution in [1.29, 1.82) is 5.26 Å². The van der Waals surface area contributed by atoms with Gasteiger partial charge in [-0.2, -0.15) is 5.26 Å². The van der Waals surface area contributed by atoms with Gasteiger partial charge in [0.25, 0.3) is 0 Å². The Morgan fingerprint density at radius 3 is 2.36 bits per heavy atom. The molecule has 39 heavy (non-hydrogen) atoms. The van der Waals surface area contributed by atoms with Gasteiger partial charge in [0.05, 0.1) is 53.5 Å². The van der Waals surface area contributed by atoms with Crippen LogP contribution in [0, 0.1) is 39.9 Å². The molecule has 222 valence electrons. The second-order valence-corrected chi connectivity index (χ2v) is 13.1. The molecule has 4 saturated carbocycles. The zero-order chi connectivity index (χ0) is 28.1. The summed E-state index contributed by atoms with van der Waals surface area (Å²) in [5.74, 6) is -1.13. The molecule has 5 aliphatic rings. The molecule has 10 nitrogen and oxygen atoms in total.